The number of hydrogen-bond donors (Lipinski definition) is 0. The molecule has 130 valence electrons. The van der Waals surface area contributed by atoms with Gasteiger partial charge in [0.1, 0.15) is 5.75 Å². The molecule has 5 heteroatoms. The SMILES string of the molecule is O=C(COc1cccnc1)N1CCN(C2Cc3ccccc3C2)CC1. The van der Waals surface area contributed by atoms with Gasteiger partial charge in [-0.25, -0.2) is 0 Å². The van der Waals surface area contributed by atoms with E-state index in [1.165, 1.54) is 11.1 Å². The average molecular weight is 337 g/mol. The third-order valence-corrected chi connectivity index (χ3v) is 5.21. The Balaban J connectivity index is 1.25. The van der Waals surface area contributed by atoms with Crippen molar-refractivity contribution >= 4 is 5.91 Å². The van der Waals surface area contributed by atoms with Crippen LogP contribution in [0.4, 0.5) is 0 Å². The number of fused-ring (bicyclic) bond motifs is 1. The van der Waals surface area contributed by atoms with Gasteiger partial charge in [0, 0.05) is 38.4 Å². The predicted molar refractivity (Wildman–Crippen MR) is 95.5 cm³/mol. The Morgan fingerprint density at radius 1 is 1.04 bits per heavy atom. The number of carbonyl (C=O) groups is 1. The van der Waals surface area contributed by atoms with Crippen LogP contribution in [0.25, 0.3) is 0 Å². The van der Waals surface area contributed by atoms with Crippen molar-refractivity contribution in [2.45, 2.75) is 18.9 Å². The maximum absolute atomic E-state index is 12.3. The molecule has 2 aliphatic rings. The third-order valence-electron chi connectivity index (χ3n) is 5.21. The molecular weight excluding hydrogens is 314 g/mol. The van der Waals surface area contributed by atoms with Gasteiger partial charge in [0.15, 0.2) is 6.61 Å². The van der Waals surface area contributed by atoms with E-state index >= 15 is 0 Å². The van der Waals surface area contributed by atoms with Gasteiger partial charge in [-0.3, -0.25) is 14.7 Å². The number of benzene rings is 1. The lowest BCUT2D eigenvalue weighted by molar-refractivity contribution is -0.135. The smallest absolute Gasteiger partial charge is 0.260 e. The maximum Gasteiger partial charge on any atom is 0.260 e. The summed E-state index contributed by atoms with van der Waals surface area (Å²) < 4.78 is 5.52. The van der Waals surface area contributed by atoms with Crippen LogP contribution in [0.3, 0.4) is 0 Å². The first-order valence-corrected chi connectivity index (χ1v) is 8.91. The van der Waals surface area contributed by atoms with E-state index in [0.29, 0.717) is 11.8 Å². The van der Waals surface area contributed by atoms with E-state index in [9.17, 15) is 4.79 Å². The first-order chi connectivity index (χ1) is 12.3. The number of amides is 1. The zero-order valence-corrected chi connectivity index (χ0v) is 14.3. The highest BCUT2D eigenvalue weighted by Gasteiger charge is 2.30. The summed E-state index contributed by atoms with van der Waals surface area (Å²) in [5.74, 6) is 0.691. The summed E-state index contributed by atoms with van der Waals surface area (Å²) in [5, 5.41) is 0. The van der Waals surface area contributed by atoms with Crippen LogP contribution in [0.15, 0.2) is 48.8 Å². The van der Waals surface area contributed by atoms with Crippen LogP contribution in [-0.2, 0) is 17.6 Å². The first kappa shape index (κ1) is 16.1. The van der Waals surface area contributed by atoms with Gasteiger partial charge in [0.05, 0.1) is 6.20 Å². The molecule has 0 unspecified atom stereocenters. The lowest BCUT2D eigenvalue weighted by Crippen LogP contribution is -2.53. The minimum Gasteiger partial charge on any atom is -0.482 e. The Morgan fingerprint density at radius 3 is 2.40 bits per heavy atom. The molecule has 4 rings (SSSR count). The van der Waals surface area contributed by atoms with E-state index in [0.717, 1.165) is 39.0 Å². The minimum atomic E-state index is 0.0539. The monoisotopic (exact) mass is 337 g/mol. The van der Waals surface area contributed by atoms with Crippen LogP contribution >= 0.6 is 0 Å². The topological polar surface area (TPSA) is 45.7 Å². The number of hydrogen-bond acceptors (Lipinski definition) is 4. The van der Waals surface area contributed by atoms with Crippen molar-refractivity contribution in [3.63, 3.8) is 0 Å². The highest BCUT2D eigenvalue weighted by Crippen LogP contribution is 2.26. The van der Waals surface area contributed by atoms with Crippen molar-refractivity contribution in [1.82, 2.24) is 14.8 Å². The second-order valence-electron chi connectivity index (χ2n) is 6.72. The first-order valence-electron chi connectivity index (χ1n) is 8.91. The highest BCUT2D eigenvalue weighted by molar-refractivity contribution is 5.77. The largest absolute Gasteiger partial charge is 0.482 e. The standard InChI is InChI=1S/C20H23N3O2/c24-20(15-25-19-6-3-7-21-14-19)23-10-8-22(9-11-23)18-12-16-4-1-2-5-17(16)13-18/h1-7,14,18H,8-13,15H2. The van der Waals surface area contributed by atoms with Crippen LogP contribution in [0.2, 0.25) is 0 Å². The number of rotatable bonds is 4. The van der Waals surface area contributed by atoms with Gasteiger partial charge in [0.25, 0.3) is 5.91 Å². The van der Waals surface area contributed by atoms with Crippen molar-refractivity contribution in [2.24, 2.45) is 0 Å². The van der Waals surface area contributed by atoms with Crippen molar-refractivity contribution < 1.29 is 9.53 Å². The van der Waals surface area contributed by atoms with Gasteiger partial charge in [-0.1, -0.05) is 24.3 Å². The number of piperazine rings is 1. The molecule has 1 fully saturated rings. The summed E-state index contributed by atoms with van der Waals surface area (Å²) >= 11 is 0. The summed E-state index contributed by atoms with van der Waals surface area (Å²) in [7, 11) is 0. The maximum atomic E-state index is 12.3. The average Bonchev–Trinajstić information content (AvgIpc) is 3.11. The van der Waals surface area contributed by atoms with Crippen molar-refractivity contribution in [3.8, 4) is 5.75 Å². The number of aromatic nitrogens is 1. The van der Waals surface area contributed by atoms with Crippen molar-refractivity contribution in [2.75, 3.05) is 32.8 Å². The van der Waals surface area contributed by atoms with Gasteiger partial charge in [-0.2, -0.15) is 0 Å². The van der Waals surface area contributed by atoms with Crippen LogP contribution in [0.1, 0.15) is 11.1 Å². The summed E-state index contributed by atoms with van der Waals surface area (Å²) in [6.07, 6.45) is 5.58. The molecule has 1 aliphatic carbocycles. The van der Waals surface area contributed by atoms with E-state index in [1.54, 1.807) is 18.5 Å². The number of carbonyl (C=O) groups excluding carboxylic acids is 1. The lowest BCUT2D eigenvalue weighted by atomic mass is 10.1. The Labute approximate surface area is 148 Å². The Hall–Kier alpha value is -2.40. The molecule has 1 aliphatic heterocycles. The lowest BCUT2D eigenvalue weighted by Gasteiger charge is -2.38. The fourth-order valence-electron chi connectivity index (χ4n) is 3.80. The highest BCUT2D eigenvalue weighted by atomic mass is 16.5. The molecule has 2 aromatic rings. The number of nitrogens with zero attached hydrogens (tertiary/aromatic N) is 3. The van der Waals surface area contributed by atoms with Crippen LogP contribution in [0.5, 0.6) is 5.75 Å². The fraction of sp³-hybridized carbons (Fsp3) is 0.400. The van der Waals surface area contributed by atoms with E-state index in [1.807, 2.05) is 11.0 Å². The molecule has 25 heavy (non-hydrogen) atoms. The van der Waals surface area contributed by atoms with Crippen molar-refractivity contribution in [3.05, 3.63) is 59.9 Å². The van der Waals surface area contributed by atoms with E-state index in [2.05, 4.69) is 34.1 Å². The zero-order chi connectivity index (χ0) is 17.1. The van der Waals surface area contributed by atoms with E-state index in [-0.39, 0.29) is 12.5 Å². The predicted octanol–water partition coefficient (Wildman–Crippen LogP) is 1.77. The molecule has 0 bridgehead atoms. The molecule has 0 atom stereocenters. The quantitative estimate of drug-likeness (QED) is 0.853. The van der Waals surface area contributed by atoms with E-state index < -0.39 is 0 Å². The molecular formula is C20H23N3O2. The van der Waals surface area contributed by atoms with Crippen molar-refractivity contribution in [1.29, 1.82) is 0 Å². The molecule has 0 saturated carbocycles. The summed E-state index contributed by atoms with van der Waals surface area (Å²) in [4.78, 5) is 20.8. The van der Waals surface area contributed by atoms with Gasteiger partial charge in [0.2, 0.25) is 0 Å². The van der Waals surface area contributed by atoms with Crippen LogP contribution in [-0.4, -0.2) is 59.5 Å². The molecule has 1 aromatic heterocycles. The fourth-order valence-corrected chi connectivity index (χ4v) is 3.80. The molecule has 1 saturated heterocycles. The van der Waals surface area contributed by atoms with Gasteiger partial charge in [-0.15, -0.1) is 0 Å². The Morgan fingerprint density at radius 2 is 1.76 bits per heavy atom. The summed E-state index contributed by atoms with van der Waals surface area (Å²) in [6, 6.07) is 12.9. The van der Waals surface area contributed by atoms with Crippen LogP contribution in [0, 0.1) is 0 Å². The Kier molecular flexibility index (Phi) is 4.65. The second kappa shape index (κ2) is 7.23. The summed E-state index contributed by atoms with van der Waals surface area (Å²) in [5.41, 5.74) is 2.96. The van der Waals surface area contributed by atoms with Gasteiger partial charge < -0.3 is 9.64 Å². The molecule has 0 N–H and O–H groups in total. The molecule has 1 aromatic carbocycles. The number of pyridine rings is 1. The molecule has 5 nitrogen and oxygen atoms in total. The molecule has 0 radical (unpaired) electrons. The van der Waals surface area contributed by atoms with Crippen LogP contribution < -0.4 is 4.74 Å². The number of ether oxygens (including phenoxy) is 1. The second-order valence-corrected chi connectivity index (χ2v) is 6.72. The minimum absolute atomic E-state index is 0.0539. The summed E-state index contributed by atoms with van der Waals surface area (Å²) in [6.45, 7) is 3.53. The van der Waals surface area contributed by atoms with E-state index in [4.69, 9.17) is 4.74 Å². The molecule has 2 heterocycles. The molecule has 0 spiro atoms. The third kappa shape index (κ3) is 3.66. The Bertz CT molecular complexity index is 702. The molecule has 1 amide bonds. The normalized spacial score (nSPS) is 18.2. The van der Waals surface area contributed by atoms with Gasteiger partial charge in [-0.05, 0) is 36.1 Å². The van der Waals surface area contributed by atoms with Gasteiger partial charge >= 0.3 is 0 Å². The zero-order valence-electron chi connectivity index (χ0n) is 14.3.